The van der Waals surface area contributed by atoms with E-state index in [1.54, 1.807) is 25.1 Å². The number of nitrogens with one attached hydrogen (secondary N) is 2. The molecule has 33 heavy (non-hydrogen) atoms. The first-order chi connectivity index (χ1) is 15.8. The number of carbonyl (C=O) groups excluding carboxylic acids is 2. The molecule has 3 rings (SSSR count). The Morgan fingerprint density at radius 2 is 1.79 bits per heavy atom. The van der Waals surface area contributed by atoms with Crippen molar-refractivity contribution in [3.8, 4) is 0 Å². The molecule has 0 aliphatic heterocycles. The van der Waals surface area contributed by atoms with Crippen LogP contribution >= 0.6 is 11.6 Å². The number of amides is 1. The van der Waals surface area contributed by atoms with Crippen LogP contribution < -0.4 is 10.8 Å². The van der Waals surface area contributed by atoms with Crippen LogP contribution in [0.2, 0.25) is 5.02 Å². The maximum Gasteiger partial charge on any atom is 0.274 e. The van der Waals surface area contributed by atoms with Crippen molar-refractivity contribution in [1.29, 1.82) is 0 Å². The normalized spacial score (nSPS) is 10.7. The summed E-state index contributed by atoms with van der Waals surface area (Å²) in [6, 6.07) is 12.5. The lowest BCUT2D eigenvalue weighted by atomic mass is 9.96. The first kappa shape index (κ1) is 24.4. The number of anilines is 2. The van der Waals surface area contributed by atoms with Gasteiger partial charge in [0.05, 0.1) is 17.3 Å². The van der Waals surface area contributed by atoms with E-state index in [2.05, 4.69) is 10.8 Å². The molecule has 0 saturated carbocycles. The van der Waals surface area contributed by atoms with Crippen molar-refractivity contribution in [3.63, 3.8) is 0 Å². The highest BCUT2D eigenvalue weighted by molar-refractivity contribution is 6.35. The van der Waals surface area contributed by atoms with E-state index >= 15 is 0 Å². The minimum atomic E-state index is -0.754. The monoisotopic (exact) mass is 472 g/mol. The molecule has 2 N–H and O–H groups in total. The fraction of sp³-hybridized carbons (Fsp3) is 0.200. The van der Waals surface area contributed by atoms with E-state index < -0.39 is 17.5 Å². The summed E-state index contributed by atoms with van der Waals surface area (Å²) in [7, 11) is 0. The van der Waals surface area contributed by atoms with Gasteiger partial charge in [0.1, 0.15) is 11.6 Å². The third-order valence-corrected chi connectivity index (χ3v) is 5.25. The lowest BCUT2D eigenvalue weighted by molar-refractivity contribution is 0.0302. The number of aryl methyl sites for hydroxylation is 1. The number of hydrogen-bond acceptors (Lipinski definition) is 4. The van der Waals surface area contributed by atoms with Crippen LogP contribution in [0.3, 0.4) is 0 Å². The molecule has 0 fully saturated rings. The molecular weight excluding hydrogens is 450 g/mol. The van der Waals surface area contributed by atoms with Crippen molar-refractivity contribution in [2.75, 3.05) is 11.9 Å². The number of hydrogen-bond donors (Lipinski definition) is 2. The predicted octanol–water partition coefficient (Wildman–Crippen LogP) is 6.36. The molecule has 0 heterocycles. The van der Waals surface area contributed by atoms with E-state index in [1.165, 1.54) is 24.3 Å². The van der Waals surface area contributed by atoms with E-state index in [-0.39, 0.29) is 27.6 Å². The van der Waals surface area contributed by atoms with Gasteiger partial charge in [0.15, 0.2) is 5.78 Å². The fourth-order valence-corrected chi connectivity index (χ4v) is 3.33. The quantitative estimate of drug-likeness (QED) is 0.216. The SMILES string of the molecule is CCCCONC(=O)c1ccc(C)c(C(=O)c2ccc(Nc3ccc(F)cc3F)cc2Cl)c1. The first-order valence-corrected chi connectivity index (χ1v) is 10.8. The smallest absolute Gasteiger partial charge is 0.274 e. The van der Waals surface area contributed by atoms with Crippen molar-refractivity contribution in [2.45, 2.75) is 26.7 Å². The molecule has 5 nitrogen and oxygen atoms in total. The van der Waals surface area contributed by atoms with Crippen LogP contribution in [0.15, 0.2) is 54.6 Å². The molecule has 1 amide bonds. The highest BCUT2D eigenvalue weighted by Gasteiger charge is 2.18. The zero-order valence-corrected chi connectivity index (χ0v) is 18.9. The molecule has 0 aliphatic rings. The van der Waals surface area contributed by atoms with Crippen LogP contribution in [0.25, 0.3) is 0 Å². The molecule has 0 spiro atoms. The van der Waals surface area contributed by atoms with E-state index in [4.69, 9.17) is 16.4 Å². The molecular formula is C25H23ClF2N2O3. The minimum absolute atomic E-state index is 0.0715. The summed E-state index contributed by atoms with van der Waals surface area (Å²) in [6.45, 7) is 4.17. The number of carbonyl (C=O) groups is 2. The third kappa shape index (κ3) is 6.15. The van der Waals surface area contributed by atoms with Crippen molar-refractivity contribution < 1.29 is 23.2 Å². The third-order valence-electron chi connectivity index (χ3n) is 4.93. The Labute approximate surface area is 195 Å². The largest absolute Gasteiger partial charge is 0.353 e. The van der Waals surface area contributed by atoms with E-state index in [0.29, 0.717) is 23.4 Å². The van der Waals surface area contributed by atoms with Gasteiger partial charge in [-0.05, 0) is 61.4 Å². The molecule has 0 atom stereocenters. The van der Waals surface area contributed by atoms with E-state index in [1.807, 2.05) is 6.92 Å². The van der Waals surface area contributed by atoms with Gasteiger partial charge in [0, 0.05) is 28.4 Å². The summed E-state index contributed by atoms with van der Waals surface area (Å²) in [6.07, 6.45) is 1.75. The summed E-state index contributed by atoms with van der Waals surface area (Å²) in [5, 5.41) is 2.95. The van der Waals surface area contributed by atoms with Crippen molar-refractivity contribution in [2.24, 2.45) is 0 Å². The Hall–Kier alpha value is -3.29. The van der Waals surface area contributed by atoms with Crippen LogP contribution in [-0.2, 0) is 4.84 Å². The summed E-state index contributed by atoms with van der Waals surface area (Å²) in [5.41, 5.74) is 4.37. The summed E-state index contributed by atoms with van der Waals surface area (Å²) < 4.78 is 27.0. The van der Waals surface area contributed by atoms with Gasteiger partial charge in [-0.1, -0.05) is 31.0 Å². The van der Waals surface area contributed by atoms with Gasteiger partial charge >= 0.3 is 0 Å². The topological polar surface area (TPSA) is 67.4 Å². The molecule has 3 aromatic carbocycles. The second kappa shape index (κ2) is 11.0. The van der Waals surface area contributed by atoms with Gasteiger partial charge in [-0.2, -0.15) is 0 Å². The zero-order valence-electron chi connectivity index (χ0n) is 18.2. The van der Waals surface area contributed by atoms with Crippen LogP contribution in [0, 0.1) is 18.6 Å². The van der Waals surface area contributed by atoms with Gasteiger partial charge in [-0.3, -0.25) is 14.4 Å². The maximum atomic E-state index is 13.9. The maximum absolute atomic E-state index is 13.9. The molecule has 0 radical (unpaired) electrons. The van der Waals surface area contributed by atoms with E-state index in [0.717, 1.165) is 25.0 Å². The molecule has 0 aliphatic carbocycles. The zero-order chi connectivity index (χ0) is 24.0. The number of benzene rings is 3. The van der Waals surface area contributed by atoms with Gasteiger partial charge < -0.3 is 5.32 Å². The highest BCUT2D eigenvalue weighted by atomic mass is 35.5. The van der Waals surface area contributed by atoms with E-state index in [9.17, 15) is 18.4 Å². The molecule has 3 aromatic rings. The van der Waals surface area contributed by atoms with Crippen molar-refractivity contribution in [1.82, 2.24) is 5.48 Å². The lowest BCUT2D eigenvalue weighted by Gasteiger charge is -2.12. The number of halogens is 3. The number of hydroxylamine groups is 1. The fourth-order valence-electron chi connectivity index (χ4n) is 3.07. The average Bonchev–Trinajstić information content (AvgIpc) is 2.78. The molecule has 0 unspecified atom stereocenters. The Kier molecular flexibility index (Phi) is 8.14. The molecule has 0 aromatic heterocycles. The minimum Gasteiger partial charge on any atom is -0.353 e. The van der Waals surface area contributed by atoms with Crippen LogP contribution in [0.4, 0.5) is 20.2 Å². The average molecular weight is 473 g/mol. The lowest BCUT2D eigenvalue weighted by Crippen LogP contribution is -2.24. The standard InChI is InChI=1S/C25H23ClF2N2O3/c1-3-4-11-33-30-25(32)16-6-5-15(2)20(12-16)24(31)19-9-8-18(14-21(19)26)29-23-10-7-17(27)13-22(23)28/h5-10,12-14,29H,3-4,11H2,1-2H3,(H,30,32). The van der Waals surface area contributed by atoms with Crippen LogP contribution in [0.5, 0.6) is 0 Å². The molecule has 0 saturated heterocycles. The Bertz CT molecular complexity index is 1180. The summed E-state index contributed by atoms with van der Waals surface area (Å²) in [4.78, 5) is 30.6. The molecule has 172 valence electrons. The van der Waals surface area contributed by atoms with Crippen LogP contribution in [0.1, 0.15) is 51.6 Å². The second-order valence-corrected chi connectivity index (χ2v) is 7.84. The number of rotatable bonds is 9. The van der Waals surface area contributed by atoms with Crippen molar-refractivity contribution in [3.05, 3.63) is 93.5 Å². The van der Waals surface area contributed by atoms with Crippen molar-refractivity contribution >= 4 is 34.7 Å². The van der Waals surface area contributed by atoms with Gasteiger partial charge in [-0.25, -0.2) is 14.3 Å². The predicted molar refractivity (Wildman–Crippen MR) is 124 cm³/mol. The Morgan fingerprint density at radius 1 is 1.00 bits per heavy atom. The first-order valence-electron chi connectivity index (χ1n) is 10.4. The number of ketones is 1. The van der Waals surface area contributed by atoms with Gasteiger partial charge in [-0.15, -0.1) is 0 Å². The Balaban J connectivity index is 1.79. The van der Waals surface area contributed by atoms with Gasteiger partial charge in [0.2, 0.25) is 0 Å². The van der Waals surface area contributed by atoms with Gasteiger partial charge in [0.25, 0.3) is 5.91 Å². The number of unbranched alkanes of at least 4 members (excludes halogenated alkanes) is 1. The highest BCUT2D eigenvalue weighted by Crippen LogP contribution is 2.28. The summed E-state index contributed by atoms with van der Waals surface area (Å²) in [5.74, 6) is -2.25. The second-order valence-electron chi connectivity index (χ2n) is 7.44. The van der Waals surface area contributed by atoms with Crippen LogP contribution in [-0.4, -0.2) is 18.3 Å². The molecule has 8 heteroatoms. The summed E-state index contributed by atoms with van der Waals surface area (Å²) >= 11 is 6.34. The Morgan fingerprint density at radius 3 is 2.48 bits per heavy atom. The molecule has 0 bridgehead atoms.